The minimum Gasteiger partial charge on any atom is -0.292 e. The second-order valence-electron chi connectivity index (χ2n) is 6.35. The molecule has 7 nitrogen and oxygen atoms in total. The monoisotopic (exact) mass is 384 g/mol. The van der Waals surface area contributed by atoms with Crippen LogP contribution in [0.15, 0.2) is 34.6 Å². The molecule has 0 atom stereocenters. The second kappa shape index (κ2) is 12.7. The summed E-state index contributed by atoms with van der Waals surface area (Å²) in [6, 6.07) is 8.26. The molecule has 0 saturated carbocycles. The highest BCUT2D eigenvalue weighted by Gasteiger charge is 2.15. The number of hydrogen-bond acceptors (Lipinski definition) is 5. The molecule has 146 valence electrons. The Morgan fingerprint density at radius 3 is 2.15 bits per heavy atom. The van der Waals surface area contributed by atoms with Crippen LogP contribution in [0.5, 0.6) is 0 Å². The van der Waals surface area contributed by atoms with E-state index < -0.39 is 7.82 Å². The Morgan fingerprint density at radius 1 is 1.00 bits per heavy atom. The highest BCUT2D eigenvalue weighted by atomic mass is 31.2. The Labute approximate surface area is 155 Å². The third-order valence-electron chi connectivity index (χ3n) is 4.07. The van der Waals surface area contributed by atoms with Gasteiger partial charge in [-0.1, -0.05) is 73.6 Å². The Morgan fingerprint density at radius 2 is 1.58 bits per heavy atom. The molecule has 2 N–H and O–H groups in total. The van der Waals surface area contributed by atoms with E-state index in [4.69, 9.17) is 9.79 Å². The molecule has 0 aliphatic heterocycles. The molecule has 0 saturated heterocycles. The molecule has 0 bridgehead atoms. The molecule has 1 aromatic rings. The van der Waals surface area contributed by atoms with Gasteiger partial charge in [0.1, 0.15) is 6.54 Å². The van der Waals surface area contributed by atoms with Crippen LogP contribution in [-0.4, -0.2) is 22.0 Å². The summed E-state index contributed by atoms with van der Waals surface area (Å²) in [5.74, 6) is 0. The number of oxime groups is 1. The first-order valence-electron chi connectivity index (χ1n) is 9.11. The van der Waals surface area contributed by atoms with Crippen molar-refractivity contribution in [1.82, 2.24) is 0 Å². The van der Waals surface area contributed by atoms with Gasteiger partial charge in [-0.3, -0.25) is 14.4 Å². The molecule has 0 amide bonds. The van der Waals surface area contributed by atoms with Gasteiger partial charge in [0.25, 0.3) is 0 Å². The lowest BCUT2D eigenvalue weighted by Gasteiger charge is -2.06. The maximum atomic E-state index is 10.7. The molecule has 1 aromatic carbocycles. The summed E-state index contributed by atoms with van der Waals surface area (Å²) in [6.07, 6.45) is 9.69. The summed E-state index contributed by atoms with van der Waals surface area (Å²) in [5.41, 5.74) is 2.57. The zero-order valence-corrected chi connectivity index (χ0v) is 16.2. The van der Waals surface area contributed by atoms with Crippen molar-refractivity contribution < 1.29 is 19.0 Å². The van der Waals surface area contributed by atoms with Crippen LogP contribution in [-0.2, 0) is 22.0 Å². The van der Waals surface area contributed by atoms with Crippen LogP contribution in [0.4, 0.5) is 0 Å². The summed E-state index contributed by atoms with van der Waals surface area (Å²) >= 11 is 0. The van der Waals surface area contributed by atoms with Gasteiger partial charge in [-0.05, 0) is 36.8 Å². The van der Waals surface area contributed by atoms with Crippen LogP contribution in [0.2, 0.25) is 0 Å². The van der Waals surface area contributed by atoms with Crippen molar-refractivity contribution >= 4 is 13.5 Å². The van der Waals surface area contributed by atoms with Crippen molar-refractivity contribution in [3.63, 3.8) is 0 Å². The number of phosphoric acid groups is 1. The minimum atomic E-state index is -4.70. The predicted molar refractivity (Wildman–Crippen MR) is 103 cm³/mol. The lowest BCUT2D eigenvalue weighted by atomic mass is 10.0. The molecule has 1 rings (SSSR count). The SMILES string of the molecule is CCCCCCCCc1ccc(CC/C(CN=O)=N/OP(=O)(O)O)cc1. The minimum absolute atomic E-state index is 0.208. The highest BCUT2D eigenvalue weighted by molar-refractivity contribution is 7.46. The zero-order valence-electron chi connectivity index (χ0n) is 15.3. The summed E-state index contributed by atoms with van der Waals surface area (Å²) < 4.78 is 14.8. The van der Waals surface area contributed by atoms with Gasteiger partial charge in [0.15, 0.2) is 0 Å². The van der Waals surface area contributed by atoms with E-state index >= 15 is 0 Å². The molecule has 26 heavy (non-hydrogen) atoms. The molecule has 0 aliphatic rings. The van der Waals surface area contributed by atoms with E-state index in [2.05, 4.69) is 34.0 Å². The number of benzene rings is 1. The van der Waals surface area contributed by atoms with Crippen molar-refractivity contribution in [2.75, 3.05) is 6.54 Å². The largest absolute Gasteiger partial charge is 0.545 e. The van der Waals surface area contributed by atoms with Crippen molar-refractivity contribution in [1.29, 1.82) is 0 Å². The Kier molecular flexibility index (Phi) is 11.0. The fourth-order valence-corrected chi connectivity index (χ4v) is 2.83. The molecule has 0 aromatic heterocycles. The normalized spacial score (nSPS) is 12.2. The van der Waals surface area contributed by atoms with Gasteiger partial charge >= 0.3 is 7.82 Å². The predicted octanol–water partition coefficient (Wildman–Crippen LogP) is 4.75. The lowest BCUT2D eigenvalue weighted by molar-refractivity contribution is 0.204. The quantitative estimate of drug-likeness (QED) is 0.158. The topological polar surface area (TPSA) is 109 Å². The van der Waals surface area contributed by atoms with Crippen LogP contribution >= 0.6 is 7.82 Å². The van der Waals surface area contributed by atoms with Crippen LogP contribution in [0.1, 0.15) is 63.0 Å². The number of nitroso groups, excluding NO2 is 1. The first-order valence-corrected chi connectivity index (χ1v) is 10.6. The zero-order chi connectivity index (χ0) is 19.3. The molecule has 8 heteroatoms. The first-order chi connectivity index (χ1) is 12.4. The van der Waals surface area contributed by atoms with E-state index in [1.54, 1.807) is 0 Å². The van der Waals surface area contributed by atoms with Gasteiger partial charge < -0.3 is 0 Å². The number of unbranched alkanes of at least 4 members (excludes halogenated alkanes) is 5. The number of aryl methyl sites for hydroxylation is 2. The average molecular weight is 384 g/mol. The average Bonchev–Trinajstić information content (AvgIpc) is 2.60. The maximum Gasteiger partial charge on any atom is 0.545 e. The third kappa shape index (κ3) is 11.1. The standard InChI is InChI=1S/C18H29N2O5P/c1-2-3-4-5-6-7-8-16-9-11-17(12-10-16)13-14-18(15-19-21)20-25-26(22,23)24/h9-12H,2-8,13-15H2,1H3,(H2,22,23,24)/b20-18-. The van der Waals surface area contributed by atoms with Gasteiger partial charge in [0, 0.05) is 0 Å². The number of nitrogens with zero attached hydrogens (tertiary/aromatic N) is 2. The van der Waals surface area contributed by atoms with Gasteiger partial charge in [-0.25, -0.2) is 4.57 Å². The van der Waals surface area contributed by atoms with E-state index in [0.29, 0.717) is 12.8 Å². The molecule has 0 fully saturated rings. The van der Waals surface area contributed by atoms with E-state index in [9.17, 15) is 9.47 Å². The number of hydrogen-bond donors (Lipinski definition) is 2. The van der Waals surface area contributed by atoms with Crippen LogP contribution in [0.25, 0.3) is 0 Å². The van der Waals surface area contributed by atoms with Gasteiger partial charge in [-0.2, -0.15) is 4.91 Å². The smallest absolute Gasteiger partial charge is 0.292 e. The highest BCUT2D eigenvalue weighted by Crippen LogP contribution is 2.36. The Bertz CT molecular complexity index is 598. The molecule has 0 aliphatic carbocycles. The number of rotatable bonds is 14. The summed E-state index contributed by atoms with van der Waals surface area (Å²) in [7, 11) is -4.70. The van der Waals surface area contributed by atoms with Gasteiger partial charge in [0.2, 0.25) is 0 Å². The Balaban J connectivity index is 2.40. The maximum absolute atomic E-state index is 10.7. The Hall–Kier alpha value is -1.56. The van der Waals surface area contributed by atoms with Crippen LogP contribution in [0.3, 0.4) is 0 Å². The van der Waals surface area contributed by atoms with Crippen LogP contribution < -0.4 is 0 Å². The lowest BCUT2D eigenvalue weighted by Crippen LogP contribution is -2.05. The van der Waals surface area contributed by atoms with E-state index in [-0.39, 0.29) is 12.3 Å². The molecular formula is C18H29N2O5P. The van der Waals surface area contributed by atoms with Gasteiger partial charge in [0.05, 0.1) is 5.71 Å². The van der Waals surface area contributed by atoms with Crippen molar-refractivity contribution in [2.45, 2.75) is 64.7 Å². The van der Waals surface area contributed by atoms with Crippen molar-refractivity contribution in [3.8, 4) is 0 Å². The molecule has 0 spiro atoms. The fourth-order valence-electron chi connectivity index (χ4n) is 2.61. The fraction of sp³-hybridized carbons (Fsp3) is 0.611. The van der Waals surface area contributed by atoms with Crippen molar-refractivity contribution in [2.24, 2.45) is 10.3 Å². The summed E-state index contributed by atoms with van der Waals surface area (Å²) in [5, 5.41) is 6.06. The second-order valence-corrected chi connectivity index (χ2v) is 7.50. The summed E-state index contributed by atoms with van der Waals surface area (Å²) in [6.45, 7) is 1.96. The first kappa shape index (κ1) is 22.5. The van der Waals surface area contributed by atoms with Crippen molar-refractivity contribution in [3.05, 3.63) is 40.3 Å². The van der Waals surface area contributed by atoms with E-state index in [1.807, 2.05) is 12.1 Å². The summed E-state index contributed by atoms with van der Waals surface area (Å²) in [4.78, 5) is 27.7. The van der Waals surface area contributed by atoms with E-state index in [0.717, 1.165) is 12.0 Å². The van der Waals surface area contributed by atoms with E-state index in [1.165, 1.54) is 44.1 Å². The molecular weight excluding hydrogens is 355 g/mol. The van der Waals surface area contributed by atoms with Gasteiger partial charge in [-0.15, -0.1) is 0 Å². The molecule has 0 unspecified atom stereocenters. The molecule has 0 radical (unpaired) electrons. The third-order valence-corrected chi connectivity index (χ3v) is 4.36. The van der Waals surface area contributed by atoms with Crippen LogP contribution in [0, 0.1) is 4.91 Å². The molecule has 0 heterocycles.